The molecule has 0 spiro atoms. The summed E-state index contributed by atoms with van der Waals surface area (Å²) in [6, 6.07) is 17.2. The molecule has 0 radical (unpaired) electrons. The van der Waals surface area contributed by atoms with E-state index in [1.807, 2.05) is 54.6 Å². The molecule has 0 N–H and O–H groups in total. The third kappa shape index (κ3) is 2.85. The lowest BCUT2D eigenvalue weighted by molar-refractivity contribution is 0.111. The molecule has 1 aromatic heterocycles. The molecule has 0 aliphatic heterocycles. The average molecular weight is 298 g/mol. The first-order chi connectivity index (χ1) is 10.3. The van der Waals surface area contributed by atoms with Gasteiger partial charge in [-0.1, -0.05) is 59.3 Å². The van der Waals surface area contributed by atoms with E-state index in [0.717, 1.165) is 23.1 Å². The second-order valence-electron chi connectivity index (χ2n) is 4.59. The van der Waals surface area contributed by atoms with E-state index in [9.17, 15) is 4.79 Å². The maximum absolute atomic E-state index is 11.2. The third-order valence-corrected chi connectivity index (χ3v) is 3.42. The number of nitrogens with zero attached hydrogens (tertiary/aromatic N) is 3. The van der Waals surface area contributed by atoms with Gasteiger partial charge in [-0.25, -0.2) is 4.68 Å². The van der Waals surface area contributed by atoms with Gasteiger partial charge in [0.2, 0.25) is 0 Å². The van der Waals surface area contributed by atoms with E-state index < -0.39 is 0 Å². The van der Waals surface area contributed by atoms with Crippen LogP contribution in [0.2, 0.25) is 5.02 Å². The monoisotopic (exact) mass is 297 g/mol. The summed E-state index contributed by atoms with van der Waals surface area (Å²) in [7, 11) is 0. The van der Waals surface area contributed by atoms with Crippen LogP contribution in [0.5, 0.6) is 0 Å². The van der Waals surface area contributed by atoms with Crippen LogP contribution in [0.4, 0.5) is 0 Å². The van der Waals surface area contributed by atoms with Crippen LogP contribution >= 0.6 is 11.6 Å². The maximum atomic E-state index is 11.2. The molecule has 0 amide bonds. The van der Waals surface area contributed by atoms with Crippen LogP contribution < -0.4 is 0 Å². The molecular weight excluding hydrogens is 286 g/mol. The number of benzene rings is 2. The van der Waals surface area contributed by atoms with E-state index in [-0.39, 0.29) is 0 Å². The summed E-state index contributed by atoms with van der Waals surface area (Å²) in [6.45, 7) is 0.530. The molecule has 5 heteroatoms. The summed E-state index contributed by atoms with van der Waals surface area (Å²) < 4.78 is 1.72. The summed E-state index contributed by atoms with van der Waals surface area (Å²) in [4.78, 5) is 11.2. The van der Waals surface area contributed by atoms with E-state index in [2.05, 4.69) is 10.3 Å². The van der Waals surface area contributed by atoms with E-state index in [0.29, 0.717) is 17.3 Å². The first-order valence-corrected chi connectivity index (χ1v) is 6.84. The van der Waals surface area contributed by atoms with Gasteiger partial charge in [0, 0.05) is 10.6 Å². The molecule has 3 rings (SSSR count). The van der Waals surface area contributed by atoms with Crippen LogP contribution in [-0.2, 0) is 6.54 Å². The largest absolute Gasteiger partial charge is 0.296 e. The minimum atomic E-state index is 0.343. The molecule has 21 heavy (non-hydrogen) atoms. The van der Waals surface area contributed by atoms with E-state index >= 15 is 0 Å². The summed E-state index contributed by atoms with van der Waals surface area (Å²) in [5, 5.41) is 8.72. The molecule has 0 saturated carbocycles. The van der Waals surface area contributed by atoms with Crippen molar-refractivity contribution in [2.24, 2.45) is 0 Å². The lowest BCUT2D eigenvalue weighted by atomic mass is 10.1. The fourth-order valence-corrected chi connectivity index (χ4v) is 2.30. The Balaban J connectivity index is 2.01. The van der Waals surface area contributed by atoms with Gasteiger partial charge in [0.05, 0.1) is 12.2 Å². The van der Waals surface area contributed by atoms with Gasteiger partial charge in [-0.3, -0.25) is 4.79 Å². The van der Waals surface area contributed by atoms with Crippen LogP contribution in [0.3, 0.4) is 0 Å². The average Bonchev–Trinajstić information content (AvgIpc) is 2.93. The molecule has 0 fully saturated rings. The van der Waals surface area contributed by atoms with Crippen LogP contribution in [0.15, 0.2) is 54.6 Å². The van der Waals surface area contributed by atoms with Crippen LogP contribution in [0.25, 0.3) is 11.3 Å². The number of hydrogen-bond acceptors (Lipinski definition) is 3. The topological polar surface area (TPSA) is 47.8 Å². The Labute approximate surface area is 127 Å². The summed E-state index contributed by atoms with van der Waals surface area (Å²) in [5.74, 6) is 0. The number of carbonyl (C=O) groups is 1. The summed E-state index contributed by atoms with van der Waals surface area (Å²) >= 11 is 5.89. The second-order valence-corrected chi connectivity index (χ2v) is 5.03. The summed E-state index contributed by atoms with van der Waals surface area (Å²) in [6.07, 6.45) is 0.730. The number of halogens is 1. The Morgan fingerprint density at radius 3 is 2.43 bits per heavy atom. The predicted molar refractivity (Wildman–Crippen MR) is 81.4 cm³/mol. The van der Waals surface area contributed by atoms with Gasteiger partial charge in [0.15, 0.2) is 12.0 Å². The van der Waals surface area contributed by atoms with E-state index in [1.165, 1.54) is 0 Å². The number of carbonyl (C=O) groups excluding carboxylic acids is 1. The smallest absolute Gasteiger partial charge is 0.172 e. The highest BCUT2D eigenvalue weighted by Crippen LogP contribution is 2.22. The highest BCUT2D eigenvalue weighted by atomic mass is 35.5. The van der Waals surface area contributed by atoms with Crippen LogP contribution in [0, 0.1) is 0 Å². The molecule has 2 aromatic carbocycles. The SMILES string of the molecule is O=Cc1nnn(Cc2ccc(Cl)cc2)c1-c1ccccc1. The lowest BCUT2D eigenvalue weighted by Crippen LogP contribution is -2.04. The highest BCUT2D eigenvalue weighted by molar-refractivity contribution is 6.30. The zero-order chi connectivity index (χ0) is 14.7. The highest BCUT2D eigenvalue weighted by Gasteiger charge is 2.14. The van der Waals surface area contributed by atoms with Crippen molar-refractivity contribution < 1.29 is 4.79 Å². The quantitative estimate of drug-likeness (QED) is 0.693. The van der Waals surface area contributed by atoms with Gasteiger partial charge in [-0.2, -0.15) is 0 Å². The van der Waals surface area contributed by atoms with Crippen molar-refractivity contribution in [3.63, 3.8) is 0 Å². The predicted octanol–water partition coefficient (Wildman–Crippen LogP) is 3.46. The minimum Gasteiger partial charge on any atom is -0.296 e. The Morgan fingerprint density at radius 2 is 1.76 bits per heavy atom. The molecule has 0 aliphatic carbocycles. The first-order valence-electron chi connectivity index (χ1n) is 6.46. The van der Waals surface area contributed by atoms with Crippen molar-refractivity contribution in [2.75, 3.05) is 0 Å². The second kappa shape index (κ2) is 5.89. The molecule has 0 bridgehead atoms. The number of rotatable bonds is 4. The third-order valence-electron chi connectivity index (χ3n) is 3.17. The van der Waals surface area contributed by atoms with Gasteiger partial charge >= 0.3 is 0 Å². The Kier molecular flexibility index (Phi) is 3.79. The fraction of sp³-hybridized carbons (Fsp3) is 0.0625. The van der Waals surface area contributed by atoms with Crippen molar-refractivity contribution in [2.45, 2.75) is 6.54 Å². The normalized spacial score (nSPS) is 10.5. The van der Waals surface area contributed by atoms with E-state index in [1.54, 1.807) is 4.68 Å². The number of aromatic nitrogens is 3. The number of hydrogen-bond donors (Lipinski definition) is 0. The summed E-state index contributed by atoms with van der Waals surface area (Å²) in [5.41, 5.74) is 3.02. The molecule has 0 saturated heterocycles. The van der Waals surface area contributed by atoms with Gasteiger partial charge in [-0.05, 0) is 17.7 Å². The first kappa shape index (κ1) is 13.5. The van der Waals surface area contributed by atoms with Crippen molar-refractivity contribution in [1.82, 2.24) is 15.0 Å². The molecular formula is C16H12ClN3O. The van der Waals surface area contributed by atoms with Crippen molar-refractivity contribution in [1.29, 1.82) is 0 Å². The lowest BCUT2D eigenvalue weighted by Gasteiger charge is -2.07. The maximum Gasteiger partial charge on any atom is 0.172 e. The van der Waals surface area contributed by atoms with Crippen molar-refractivity contribution in [3.05, 3.63) is 70.9 Å². The van der Waals surface area contributed by atoms with Crippen molar-refractivity contribution in [3.8, 4) is 11.3 Å². The zero-order valence-electron chi connectivity index (χ0n) is 11.1. The fourth-order valence-electron chi connectivity index (χ4n) is 2.17. The molecule has 1 heterocycles. The van der Waals surface area contributed by atoms with Gasteiger partial charge in [0.1, 0.15) is 0 Å². The van der Waals surface area contributed by atoms with Crippen LogP contribution in [-0.4, -0.2) is 21.3 Å². The molecule has 4 nitrogen and oxygen atoms in total. The molecule has 0 aliphatic rings. The van der Waals surface area contributed by atoms with Gasteiger partial charge in [-0.15, -0.1) is 5.10 Å². The van der Waals surface area contributed by atoms with Gasteiger partial charge < -0.3 is 0 Å². The van der Waals surface area contributed by atoms with Crippen molar-refractivity contribution >= 4 is 17.9 Å². The molecule has 0 unspecified atom stereocenters. The Bertz CT molecular complexity index is 751. The van der Waals surface area contributed by atoms with Gasteiger partial charge in [0.25, 0.3) is 0 Å². The Hall–Kier alpha value is -2.46. The minimum absolute atomic E-state index is 0.343. The zero-order valence-corrected chi connectivity index (χ0v) is 11.9. The molecule has 3 aromatic rings. The number of aldehydes is 1. The van der Waals surface area contributed by atoms with Crippen LogP contribution in [0.1, 0.15) is 16.1 Å². The Morgan fingerprint density at radius 1 is 1.05 bits per heavy atom. The van der Waals surface area contributed by atoms with E-state index in [4.69, 9.17) is 11.6 Å². The standard InChI is InChI=1S/C16H12ClN3O/c17-14-8-6-12(7-9-14)10-20-16(15(11-21)18-19-20)13-4-2-1-3-5-13/h1-9,11H,10H2. The molecule has 0 atom stereocenters. The molecule has 104 valence electrons.